The first-order valence-corrected chi connectivity index (χ1v) is 7.71. The maximum absolute atomic E-state index is 11.8. The van der Waals surface area contributed by atoms with Crippen LogP contribution in [0.4, 0.5) is 0 Å². The van der Waals surface area contributed by atoms with Crippen LogP contribution in [0.25, 0.3) is 0 Å². The molecule has 0 atom stereocenters. The summed E-state index contributed by atoms with van der Waals surface area (Å²) in [5.74, 6) is 1.52. The van der Waals surface area contributed by atoms with Crippen molar-refractivity contribution in [3.8, 4) is 11.5 Å². The van der Waals surface area contributed by atoms with E-state index in [1.165, 1.54) is 11.8 Å². The summed E-state index contributed by atoms with van der Waals surface area (Å²) in [6.45, 7) is 6.82. The van der Waals surface area contributed by atoms with Gasteiger partial charge in [-0.25, -0.2) is 0 Å². The Bertz CT molecular complexity index is 500. The van der Waals surface area contributed by atoms with E-state index in [9.17, 15) is 9.59 Å². The van der Waals surface area contributed by atoms with E-state index in [2.05, 4.69) is 5.32 Å². The number of nitrogens with zero attached hydrogens (tertiary/aromatic N) is 1. The molecule has 0 saturated heterocycles. The van der Waals surface area contributed by atoms with Crippen molar-refractivity contribution in [1.82, 2.24) is 10.2 Å². The molecular weight excluding hydrogens is 296 g/mol. The third-order valence-electron chi connectivity index (χ3n) is 3.18. The average molecular weight is 322 g/mol. The lowest BCUT2D eigenvalue weighted by atomic mass is 10.2. The molecule has 2 amide bonds. The first-order chi connectivity index (χ1) is 10.9. The second-order valence-electron chi connectivity index (χ2n) is 5.66. The summed E-state index contributed by atoms with van der Waals surface area (Å²) >= 11 is 0. The van der Waals surface area contributed by atoms with Crippen molar-refractivity contribution in [1.29, 1.82) is 0 Å². The highest BCUT2D eigenvalue weighted by molar-refractivity contribution is 5.83. The predicted octanol–water partition coefficient (Wildman–Crippen LogP) is 1.69. The molecule has 0 aromatic heterocycles. The van der Waals surface area contributed by atoms with Crippen LogP contribution >= 0.6 is 0 Å². The van der Waals surface area contributed by atoms with Crippen molar-refractivity contribution < 1.29 is 19.1 Å². The third kappa shape index (κ3) is 7.54. The van der Waals surface area contributed by atoms with Gasteiger partial charge in [-0.2, -0.15) is 0 Å². The lowest BCUT2D eigenvalue weighted by Gasteiger charge is -2.21. The molecule has 1 aromatic rings. The predicted molar refractivity (Wildman–Crippen MR) is 88.6 cm³/mol. The highest BCUT2D eigenvalue weighted by atomic mass is 16.5. The molecule has 0 aliphatic rings. The van der Waals surface area contributed by atoms with Gasteiger partial charge in [-0.15, -0.1) is 0 Å². The topological polar surface area (TPSA) is 67.9 Å². The quantitative estimate of drug-likeness (QED) is 0.751. The molecule has 6 nitrogen and oxygen atoms in total. The lowest BCUT2D eigenvalue weighted by molar-refractivity contribution is -0.134. The van der Waals surface area contributed by atoms with E-state index < -0.39 is 0 Å². The van der Waals surface area contributed by atoms with Crippen molar-refractivity contribution in [2.45, 2.75) is 20.8 Å². The van der Waals surface area contributed by atoms with Gasteiger partial charge in [0.1, 0.15) is 18.1 Å². The van der Waals surface area contributed by atoms with Crippen LogP contribution in [0.2, 0.25) is 0 Å². The SMILES string of the molecule is COc1ccc(OCCN(CC(=O)NCC(C)C)C(C)=O)cc1. The Morgan fingerprint density at radius 3 is 2.30 bits per heavy atom. The second kappa shape index (κ2) is 9.71. The van der Waals surface area contributed by atoms with E-state index in [0.717, 1.165) is 5.75 Å². The van der Waals surface area contributed by atoms with Crippen LogP contribution in [0, 0.1) is 5.92 Å². The molecule has 0 radical (unpaired) electrons. The summed E-state index contributed by atoms with van der Waals surface area (Å²) in [7, 11) is 1.60. The second-order valence-corrected chi connectivity index (χ2v) is 5.66. The third-order valence-corrected chi connectivity index (χ3v) is 3.18. The van der Waals surface area contributed by atoms with Crippen LogP contribution in [0.15, 0.2) is 24.3 Å². The van der Waals surface area contributed by atoms with Gasteiger partial charge in [0.25, 0.3) is 0 Å². The van der Waals surface area contributed by atoms with Crippen molar-refractivity contribution in [2.24, 2.45) is 5.92 Å². The molecule has 0 spiro atoms. The summed E-state index contributed by atoms with van der Waals surface area (Å²) < 4.78 is 10.7. The molecule has 1 rings (SSSR count). The molecular formula is C17H26N2O4. The minimum Gasteiger partial charge on any atom is -0.497 e. The highest BCUT2D eigenvalue weighted by Crippen LogP contribution is 2.16. The Balaban J connectivity index is 2.40. The number of rotatable bonds is 9. The molecule has 0 fully saturated rings. The van der Waals surface area contributed by atoms with E-state index in [1.54, 1.807) is 31.4 Å². The Kier molecular flexibility index (Phi) is 7.94. The summed E-state index contributed by atoms with van der Waals surface area (Å²) in [4.78, 5) is 24.9. The van der Waals surface area contributed by atoms with Gasteiger partial charge < -0.3 is 19.7 Å². The molecule has 0 saturated carbocycles. The van der Waals surface area contributed by atoms with Crippen LogP contribution in [0.5, 0.6) is 11.5 Å². The zero-order valence-corrected chi connectivity index (χ0v) is 14.3. The van der Waals surface area contributed by atoms with E-state index in [4.69, 9.17) is 9.47 Å². The fraction of sp³-hybridized carbons (Fsp3) is 0.529. The normalized spacial score (nSPS) is 10.3. The number of methoxy groups -OCH3 is 1. The van der Waals surface area contributed by atoms with Gasteiger partial charge in [0.05, 0.1) is 20.2 Å². The van der Waals surface area contributed by atoms with Gasteiger partial charge in [0.2, 0.25) is 11.8 Å². The number of amides is 2. The number of benzene rings is 1. The molecule has 0 aliphatic heterocycles. The van der Waals surface area contributed by atoms with E-state index in [-0.39, 0.29) is 18.4 Å². The minimum atomic E-state index is -0.154. The number of carbonyl (C=O) groups is 2. The molecule has 1 N–H and O–H groups in total. The van der Waals surface area contributed by atoms with Crippen LogP contribution in [0.3, 0.4) is 0 Å². The van der Waals surface area contributed by atoms with E-state index in [1.807, 2.05) is 13.8 Å². The first-order valence-electron chi connectivity index (χ1n) is 7.71. The van der Waals surface area contributed by atoms with Crippen LogP contribution < -0.4 is 14.8 Å². The number of hydrogen-bond acceptors (Lipinski definition) is 4. The Hall–Kier alpha value is -2.24. The van der Waals surface area contributed by atoms with Crippen LogP contribution in [0.1, 0.15) is 20.8 Å². The van der Waals surface area contributed by atoms with E-state index >= 15 is 0 Å². The molecule has 6 heteroatoms. The van der Waals surface area contributed by atoms with Crippen molar-refractivity contribution in [3.63, 3.8) is 0 Å². The van der Waals surface area contributed by atoms with Crippen molar-refractivity contribution in [3.05, 3.63) is 24.3 Å². The van der Waals surface area contributed by atoms with Crippen molar-refractivity contribution in [2.75, 3.05) is 33.4 Å². The maximum Gasteiger partial charge on any atom is 0.239 e. The van der Waals surface area contributed by atoms with Crippen LogP contribution in [-0.2, 0) is 9.59 Å². The highest BCUT2D eigenvalue weighted by Gasteiger charge is 2.13. The number of hydrogen-bond donors (Lipinski definition) is 1. The van der Waals surface area contributed by atoms with Gasteiger partial charge >= 0.3 is 0 Å². The Morgan fingerprint density at radius 1 is 1.17 bits per heavy atom. The monoisotopic (exact) mass is 322 g/mol. The number of nitrogens with one attached hydrogen (secondary N) is 1. The number of carbonyl (C=O) groups excluding carboxylic acids is 2. The molecule has 128 valence electrons. The zero-order chi connectivity index (χ0) is 17.2. The fourth-order valence-electron chi connectivity index (χ4n) is 1.84. The Morgan fingerprint density at radius 2 is 1.78 bits per heavy atom. The molecule has 23 heavy (non-hydrogen) atoms. The molecule has 0 bridgehead atoms. The zero-order valence-electron chi connectivity index (χ0n) is 14.3. The van der Waals surface area contributed by atoms with Gasteiger partial charge in [0, 0.05) is 13.5 Å². The molecule has 0 heterocycles. The van der Waals surface area contributed by atoms with Crippen LogP contribution in [-0.4, -0.2) is 50.1 Å². The fourth-order valence-corrected chi connectivity index (χ4v) is 1.84. The standard InChI is InChI=1S/C17H26N2O4/c1-13(2)11-18-17(21)12-19(14(3)20)9-10-23-16-7-5-15(22-4)6-8-16/h5-8,13H,9-12H2,1-4H3,(H,18,21). The molecule has 0 unspecified atom stereocenters. The van der Waals surface area contributed by atoms with Gasteiger partial charge in [-0.1, -0.05) is 13.8 Å². The van der Waals surface area contributed by atoms with Gasteiger partial charge in [-0.05, 0) is 30.2 Å². The summed E-state index contributed by atoms with van der Waals surface area (Å²) in [6.07, 6.45) is 0. The Labute approximate surface area is 137 Å². The summed E-state index contributed by atoms with van der Waals surface area (Å²) in [5, 5.41) is 2.80. The summed E-state index contributed by atoms with van der Waals surface area (Å²) in [6, 6.07) is 7.20. The summed E-state index contributed by atoms with van der Waals surface area (Å²) in [5.41, 5.74) is 0. The smallest absolute Gasteiger partial charge is 0.239 e. The minimum absolute atomic E-state index is 0.0496. The molecule has 1 aromatic carbocycles. The van der Waals surface area contributed by atoms with Gasteiger partial charge in [0.15, 0.2) is 0 Å². The lowest BCUT2D eigenvalue weighted by Crippen LogP contribution is -2.42. The van der Waals surface area contributed by atoms with Crippen molar-refractivity contribution >= 4 is 11.8 Å². The maximum atomic E-state index is 11.8. The van der Waals surface area contributed by atoms with Gasteiger partial charge in [-0.3, -0.25) is 9.59 Å². The first kappa shape index (κ1) is 18.8. The number of ether oxygens (including phenoxy) is 2. The molecule has 0 aliphatic carbocycles. The van der Waals surface area contributed by atoms with E-state index in [0.29, 0.717) is 31.4 Å². The average Bonchev–Trinajstić information content (AvgIpc) is 2.52. The largest absolute Gasteiger partial charge is 0.497 e.